The van der Waals surface area contributed by atoms with Crippen LogP contribution in [0.2, 0.25) is 0 Å². The van der Waals surface area contributed by atoms with Crippen LogP contribution in [0.1, 0.15) is 19.4 Å². The smallest absolute Gasteiger partial charge is 0.309 e. The summed E-state index contributed by atoms with van der Waals surface area (Å²) in [5.41, 5.74) is -0.947. The summed E-state index contributed by atoms with van der Waals surface area (Å²) in [6, 6.07) is 2.24. The van der Waals surface area contributed by atoms with Crippen LogP contribution in [0.4, 0.5) is 4.39 Å². The summed E-state index contributed by atoms with van der Waals surface area (Å²) in [6.07, 6.45) is -0.00821. The van der Waals surface area contributed by atoms with Crippen molar-refractivity contribution in [3.8, 4) is 11.5 Å². The fourth-order valence-electron chi connectivity index (χ4n) is 1.44. The van der Waals surface area contributed by atoms with Crippen LogP contribution < -0.4 is 4.74 Å². The Morgan fingerprint density at radius 3 is 2.53 bits per heavy atom. The molecular weight excluding hydrogens is 227 g/mol. The Hall–Kier alpha value is -1.78. The molecule has 0 aliphatic heterocycles. The third-order valence-corrected chi connectivity index (χ3v) is 2.56. The number of methoxy groups -OCH3 is 1. The van der Waals surface area contributed by atoms with Gasteiger partial charge in [-0.15, -0.1) is 0 Å². The van der Waals surface area contributed by atoms with E-state index in [4.69, 9.17) is 9.84 Å². The number of phenolic OH excluding ortho intramolecular Hbond substituents is 1. The maximum atomic E-state index is 13.6. The number of rotatable bonds is 4. The van der Waals surface area contributed by atoms with E-state index < -0.39 is 17.2 Å². The molecule has 0 saturated carbocycles. The highest BCUT2D eigenvalue weighted by Gasteiger charge is 2.29. The number of aromatic hydroxyl groups is 1. The monoisotopic (exact) mass is 242 g/mol. The minimum absolute atomic E-state index is 0.00821. The van der Waals surface area contributed by atoms with Crippen LogP contribution in [0.5, 0.6) is 11.5 Å². The van der Waals surface area contributed by atoms with E-state index in [9.17, 15) is 14.3 Å². The van der Waals surface area contributed by atoms with Crippen molar-refractivity contribution < 1.29 is 24.1 Å². The molecule has 0 spiro atoms. The van der Waals surface area contributed by atoms with Gasteiger partial charge in [-0.05, 0) is 31.9 Å². The zero-order valence-corrected chi connectivity index (χ0v) is 9.95. The van der Waals surface area contributed by atoms with Crippen LogP contribution in [0.15, 0.2) is 12.1 Å². The molecule has 0 saturated heterocycles. The first-order chi connectivity index (χ1) is 7.77. The molecular formula is C12H15FO4. The lowest BCUT2D eigenvalue weighted by atomic mass is 9.85. The van der Waals surface area contributed by atoms with E-state index in [-0.39, 0.29) is 23.5 Å². The number of carboxylic acid groups (broad SMARTS) is 1. The summed E-state index contributed by atoms with van der Waals surface area (Å²) in [4.78, 5) is 10.9. The zero-order valence-electron chi connectivity index (χ0n) is 9.95. The highest BCUT2D eigenvalue weighted by Crippen LogP contribution is 2.32. The molecule has 0 atom stereocenters. The number of carboxylic acids is 1. The molecule has 17 heavy (non-hydrogen) atoms. The molecule has 1 aromatic carbocycles. The summed E-state index contributed by atoms with van der Waals surface area (Å²) >= 11 is 0. The molecule has 1 rings (SSSR count). The number of hydrogen-bond acceptors (Lipinski definition) is 3. The fourth-order valence-corrected chi connectivity index (χ4v) is 1.44. The number of ether oxygens (including phenoxy) is 1. The van der Waals surface area contributed by atoms with E-state index in [0.717, 1.165) is 6.07 Å². The van der Waals surface area contributed by atoms with Crippen LogP contribution in [0.3, 0.4) is 0 Å². The van der Waals surface area contributed by atoms with Gasteiger partial charge in [-0.2, -0.15) is 0 Å². The first kappa shape index (κ1) is 13.3. The van der Waals surface area contributed by atoms with Crippen LogP contribution in [0.25, 0.3) is 0 Å². The molecule has 0 fully saturated rings. The Morgan fingerprint density at radius 2 is 2.06 bits per heavy atom. The van der Waals surface area contributed by atoms with Gasteiger partial charge in [-0.25, -0.2) is 4.39 Å². The lowest BCUT2D eigenvalue weighted by Gasteiger charge is -2.19. The summed E-state index contributed by atoms with van der Waals surface area (Å²) in [5.74, 6) is -1.79. The van der Waals surface area contributed by atoms with E-state index in [2.05, 4.69) is 0 Å². The largest absolute Gasteiger partial charge is 0.504 e. The fraction of sp³-hybridized carbons (Fsp3) is 0.417. The predicted molar refractivity (Wildman–Crippen MR) is 59.7 cm³/mol. The van der Waals surface area contributed by atoms with Gasteiger partial charge in [0, 0.05) is 6.07 Å². The zero-order chi connectivity index (χ0) is 13.2. The molecule has 0 unspecified atom stereocenters. The maximum Gasteiger partial charge on any atom is 0.309 e. The Bertz CT molecular complexity index is 440. The molecule has 0 aliphatic carbocycles. The Morgan fingerprint density at radius 1 is 1.47 bits per heavy atom. The second-order valence-electron chi connectivity index (χ2n) is 4.48. The minimum Gasteiger partial charge on any atom is -0.504 e. The number of phenols is 1. The second-order valence-corrected chi connectivity index (χ2v) is 4.48. The van der Waals surface area contributed by atoms with Gasteiger partial charge < -0.3 is 14.9 Å². The van der Waals surface area contributed by atoms with E-state index in [0.29, 0.717) is 0 Å². The van der Waals surface area contributed by atoms with Gasteiger partial charge in [0.15, 0.2) is 11.5 Å². The predicted octanol–water partition coefficient (Wildman–Crippen LogP) is 2.19. The topological polar surface area (TPSA) is 66.8 Å². The molecule has 94 valence electrons. The van der Waals surface area contributed by atoms with Crippen LogP contribution in [-0.4, -0.2) is 23.3 Å². The third-order valence-electron chi connectivity index (χ3n) is 2.56. The van der Waals surface area contributed by atoms with E-state index in [1.54, 1.807) is 0 Å². The SMILES string of the molecule is COc1cc(F)c(CC(C)(C)C(=O)O)cc1O. The molecule has 4 nitrogen and oxygen atoms in total. The highest BCUT2D eigenvalue weighted by atomic mass is 19.1. The number of halogens is 1. The molecule has 0 amide bonds. The summed E-state index contributed by atoms with van der Waals surface area (Å²) in [5, 5.41) is 18.5. The van der Waals surface area contributed by atoms with Crippen molar-refractivity contribution in [3.63, 3.8) is 0 Å². The molecule has 0 bridgehead atoms. The van der Waals surface area contributed by atoms with Crippen molar-refractivity contribution in [1.82, 2.24) is 0 Å². The number of hydrogen-bond donors (Lipinski definition) is 2. The van der Waals surface area contributed by atoms with Gasteiger partial charge in [-0.3, -0.25) is 4.79 Å². The quantitative estimate of drug-likeness (QED) is 0.849. The highest BCUT2D eigenvalue weighted by molar-refractivity contribution is 5.74. The van der Waals surface area contributed by atoms with Crippen molar-refractivity contribution in [2.24, 2.45) is 5.41 Å². The van der Waals surface area contributed by atoms with Crippen LogP contribution in [0, 0.1) is 11.2 Å². The average Bonchev–Trinajstić information content (AvgIpc) is 2.22. The first-order valence-corrected chi connectivity index (χ1v) is 5.06. The normalized spacial score (nSPS) is 11.3. The van der Waals surface area contributed by atoms with Crippen LogP contribution >= 0.6 is 0 Å². The van der Waals surface area contributed by atoms with Crippen LogP contribution in [-0.2, 0) is 11.2 Å². The van der Waals surface area contributed by atoms with Gasteiger partial charge in [0.05, 0.1) is 12.5 Å². The van der Waals surface area contributed by atoms with Gasteiger partial charge in [-0.1, -0.05) is 0 Å². The first-order valence-electron chi connectivity index (χ1n) is 5.06. The van der Waals surface area contributed by atoms with Gasteiger partial charge in [0.1, 0.15) is 5.82 Å². The molecule has 5 heteroatoms. The Kier molecular flexibility index (Phi) is 3.60. The number of carbonyl (C=O) groups is 1. The van der Waals surface area contributed by atoms with E-state index in [1.807, 2.05) is 0 Å². The van der Waals surface area contributed by atoms with Crippen molar-refractivity contribution in [3.05, 3.63) is 23.5 Å². The summed E-state index contributed by atoms with van der Waals surface area (Å²) in [6.45, 7) is 2.99. The summed E-state index contributed by atoms with van der Waals surface area (Å²) < 4.78 is 18.4. The van der Waals surface area contributed by atoms with Crippen molar-refractivity contribution in [2.75, 3.05) is 7.11 Å². The van der Waals surface area contributed by atoms with Gasteiger partial charge in [0.25, 0.3) is 0 Å². The average molecular weight is 242 g/mol. The Labute approximate surface area is 98.7 Å². The lowest BCUT2D eigenvalue weighted by molar-refractivity contribution is -0.146. The van der Waals surface area contributed by atoms with E-state index >= 15 is 0 Å². The second kappa shape index (κ2) is 4.61. The Balaban J connectivity index is 3.08. The lowest BCUT2D eigenvalue weighted by Crippen LogP contribution is -2.26. The summed E-state index contributed by atoms with van der Waals surface area (Å²) in [7, 11) is 1.31. The van der Waals surface area contributed by atoms with Crippen molar-refractivity contribution in [2.45, 2.75) is 20.3 Å². The molecule has 0 aliphatic rings. The standard InChI is InChI=1S/C12H15FO4/c1-12(2,11(15)16)6-7-4-9(14)10(17-3)5-8(7)13/h4-5,14H,6H2,1-3H3,(H,15,16). The molecule has 0 heterocycles. The van der Waals surface area contributed by atoms with Crippen molar-refractivity contribution >= 4 is 5.97 Å². The molecule has 1 aromatic rings. The number of aliphatic carboxylic acids is 1. The van der Waals surface area contributed by atoms with Gasteiger partial charge >= 0.3 is 5.97 Å². The molecule has 0 aromatic heterocycles. The van der Waals surface area contributed by atoms with E-state index in [1.165, 1.54) is 27.0 Å². The third kappa shape index (κ3) is 2.87. The maximum absolute atomic E-state index is 13.6. The molecule has 2 N–H and O–H groups in total. The molecule has 0 radical (unpaired) electrons. The minimum atomic E-state index is -1.10. The van der Waals surface area contributed by atoms with Crippen molar-refractivity contribution in [1.29, 1.82) is 0 Å². The van der Waals surface area contributed by atoms with Gasteiger partial charge in [0.2, 0.25) is 0 Å². The number of benzene rings is 1.